The van der Waals surface area contributed by atoms with Crippen LogP contribution in [-0.4, -0.2) is 29.7 Å². The lowest BCUT2D eigenvalue weighted by molar-refractivity contribution is 0.0742. The van der Waals surface area contributed by atoms with Crippen LogP contribution in [0.15, 0.2) is 34.8 Å². The summed E-state index contributed by atoms with van der Waals surface area (Å²) in [5.74, 6) is 0.801. The number of aromatic nitrogens is 2. The van der Waals surface area contributed by atoms with Crippen LogP contribution in [0.5, 0.6) is 0 Å². The first-order chi connectivity index (χ1) is 9.74. The van der Waals surface area contributed by atoms with Gasteiger partial charge in [-0.15, -0.1) is 0 Å². The van der Waals surface area contributed by atoms with Gasteiger partial charge in [-0.3, -0.25) is 0 Å². The molecule has 20 heavy (non-hydrogen) atoms. The minimum Gasteiger partial charge on any atom is -0.378 e. The minimum absolute atomic E-state index is 0.0740. The second kappa shape index (κ2) is 5.99. The molecule has 0 saturated carbocycles. The maximum atomic E-state index is 5.49. The molecule has 2 aromatic rings. The van der Waals surface area contributed by atoms with Crippen LogP contribution in [0.2, 0.25) is 0 Å². The van der Waals surface area contributed by atoms with Gasteiger partial charge in [-0.1, -0.05) is 34.1 Å². The number of nitrogens with zero attached hydrogens (tertiary/aromatic N) is 2. The summed E-state index contributed by atoms with van der Waals surface area (Å²) in [5.41, 5.74) is 2.98. The molecule has 0 spiro atoms. The van der Waals surface area contributed by atoms with E-state index in [-0.39, 0.29) is 6.04 Å². The third-order valence-electron chi connectivity index (χ3n) is 3.25. The number of morpholine rings is 1. The lowest BCUT2D eigenvalue weighted by Gasteiger charge is -2.23. The van der Waals surface area contributed by atoms with Gasteiger partial charge < -0.3 is 10.1 Å². The number of aryl methyl sites for hydroxylation is 1. The Balaban J connectivity index is 2.00. The lowest BCUT2D eigenvalue weighted by atomic mass is 10.1. The van der Waals surface area contributed by atoms with Crippen molar-refractivity contribution in [1.29, 1.82) is 0 Å². The molecule has 3 rings (SSSR count). The van der Waals surface area contributed by atoms with Crippen molar-refractivity contribution in [2.24, 2.45) is 0 Å². The second-order valence-electron chi connectivity index (χ2n) is 4.81. The molecule has 1 aromatic heterocycles. The summed E-state index contributed by atoms with van der Waals surface area (Å²) in [4.78, 5) is 9.25. The number of hydrogen-bond donors (Lipinski definition) is 1. The van der Waals surface area contributed by atoms with Gasteiger partial charge in [0.15, 0.2) is 0 Å². The molecule has 1 aliphatic heterocycles. The van der Waals surface area contributed by atoms with Crippen LogP contribution in [-0.2, 0) is 4.74 Å². The van der Waals surface area contributed by atoms with Gasteiger partial charge in [0.05, 0.1) is 24.9 Å². The molecule has 0 radical (unpaired) electrons. The van der Waals surface area contributed by atoms with Crippen LogP contribution in [0, 0.1) is 6.92 Å². The first-order valence-corrected chi connectivity index (χ1v) is 7.45. The predicted octanol–water partition coefficient (Wildman–Crippen LogP) is 2.88. The van der Waals surface area contributed by atoms with E-state index in [9.17, 15) is 0 Å². The third-order valence-corrected chi connectivity index (χ3v) is 3.95. The van der Waals surface area contributed by atoms with E-state index >= 15 is 0 Å². The normalized spacial score (nSPS) is 19.0. The Morgan fingerprint density at radius 3 is 2.90 bits per heavy atom. The predicted molar refractivity (Wildman–Crippen MR) is 81.5 cm³/mol. The average Bonchev–Trinajstić information content (AvgIpc) is 2.48. The summed E-state index contributed by atoms with van der Waals surface area (Å²) in [6.07, 6.45) is 0. The number of nitrogens with one attached hydrogen (secondary N) is 1. The molecular weight excluding hydrogens is 318 g/mol. The average molecular weight is 334 g/mol. The second-order valence-corrected chi connectivity index (χ2v) is 5.67. The lowest BCUT2D eigenvalue weighted by Crippen LogP contribution is -2.35. The molecule has 5 heteroatoms. The van der Waals surface area contributed by atoms with Crippen molar-refractivity contribution in [2.75, 3.05) is 19.8 Å². The molecule has 2 heterocycles. The molecule has 1 aliphatic rings. The first kappa shape index (κ1) is 13.7. The highest BCUT2D eigenvalue weighted by atomic mass is 79.9. The largest absolute Gasteiger partial charge is 0.378 e. The Kier molecular flexibility index (Phi) is 4.10. The van der Waals surface area contributed by atoms with E-state index in [2.05, 4.69) is 32.3 Å². The maximum Gasteiger partial charge on any atom is 0.148 e. The van der Waals surface area contributed by atoms with Crippen molar-refractivity contribution >= 4 is 15.9 Å². The Bertz CT molecular complexity index is 612. The molecule has 0 bridgehead atoms. The highest BCUT2D eigenvalue weighted by Gasteiger charge is 2.19. The molecule has 104 valence electrons. The number of benzene rings is 1. The fraction of sp³-hybridized carbons (Fsp3) is 0.333. The molecule has 1 aromatic carbocycles. The van der Waals surface area contributed by atoms with Crippen molar-refractivity contribution in [3.05, 3.63) is 46.3 Å². The quantitative estimate of drug-likeness (QED) is 0.917. The van der Waals surface area contributed by atoms with Crippen molar-refractivity contribution in [1.82, 2.24) is 15.3 Å². The van der Waals surface area contributed by atoms with Crippen LogP contribution in [0.4, 0.5) is 0 Å². The zero-order valence-electron chi connectivity index (χ0n) is 11.3. The van der Waals surface area contributed by atoms with Crippen LogP contribution >= 0.6 is 15.9 Å². The number of hydrogen-bond acceptors (Lipinski definition) is 4. The molecular formula is C15H16BrN3O. The zero-order valence-corrected chi connectivity index (χ0v) is 12.9. The molecule has 0 amide bonds. The number of halogens is 1. The fourth-order valence-corrected chi connectivity index (χ4v) is 2.77. The van der Waals surface area contributed by atoms with Gasteiger partial charge >= 0.3 is 0 Å². The fourth-order valence-electron chi connectivity index (χ4n) is 2.29. The van der Waals surface area contributed by atoms with E-state index in [0.29, 0.717) is 6.61 Å². The summed E-state index contributed by atoms with van der Waals surface area (Å²) in [6.45, 7) is 4.21. The highest BCUT2D eigenvalue weighted by Crippen LogP contribution is 2.27. The monoisotopic (exact) mass is 333 g/mol. The van der Waals surface area contributed by atoms with E-state index in [1.54, 1.807) is 0 Å². The van der Waals surface area contributed by atoms with Crippen LogP contribution in [0.1, 0.15) is 17.6 Å². The van der Waals surface area contributed by atoms with Crippen LogP contribution in [0.25, 0.3) is 11.3 Å². The molecule has 1 saturated heterocycles. The maximum absolute atomic E-state index is 5.49. The molecule has 0 aliphatic carbocycles. The summed E-state index contributed by atoms with van der Waals surface area (Å²) in [5, 5.41) is 3.39. The van der Waals surface area contributed by atoms with Gasteiger partial charge in [0.2, 0.25) is 0 Å². The van der Waals surface area contributed by atoms with Gasteiger partial charge in [0, 0.05) is 22.3 Å². The summed E-state index contributed by atoms with van der Waals surface area (Å²) in [7, 11) is 0. The van der Waals surface area contributed by atoms with Crippen molar-refractivity contribution < 1.29 is 4.74 Å². The van der Waals surface area contributed by atoms with E-state index in [4.69, 9.17) is 9.72 Å². The first-order valence-electron chi connectivity index (χ1n) is 6.65. The van der Waals surface area contributed by atoms with E-state index in [0.717, 1.165) is 40.4 Å². The highest BCUT2D eigenvalue weighted by molar-refractivity contribution is 9.10. The number of ether oxygens (including phenoxy) is 1. The molecule has 1 atom stereocenters. The zero-order chi connectivity index (χ0) is 13.9. The van der Waals surface area contributed by atoms with E-state index in [1.807, 2.05) is 31.2 Å². The van der Waals surface area contributed by atoms with E-state index in [1.165, 1.54) is 0 Å². The van der Waals surface area contributed by atoms with Gasteiger partial charge in [0.1, 0.15) is 5.82 Å². The van der Waals surface area contributed by atoms with Gasteiger partial charge in [-0.25, -0.2) is 9.97 Å². The summed E-state index contributed by atoms with van der Waals surface area (Å²) >= 11 is 3.58. The van der Waals surface area contributed by atoms with Crippen molar-refractivity contribution in [3.63, 3.8) is 0 Å². The SMILES string of the molecule is Cc1cc(-c2ccccc2Br)nc(C2COCCN2)n1. The Morgan fingerprint density at radius 2 is 2.15 bits per heavy atom. The molecule has 1 N–H and O–H groups in total. The molecule has 1 unspecified atom stereocenters. The Morgan fingerprint density at radius 1 is 1.30 bits per heavy atom. The Hall–Kier alpha value is -1.30. The van der Waals surface area contributed by atoms with Crippen LogP contribution in [0.3, 0.4) is 0 Å². The molecule has 4 nitrogen and oxygen atoms in total. The summed E-state index contributed by atoms with van der Waals surface area (Å²) < 4.78 is 6.53. The topological polar surface area (TPSA) is 47.0 Å². The van der Waals surface area contributed by atoms with Crippen LogP contribution < -0.4 is 5.32 Å². The van der Waals surface area contributed by atoms with Crippen molar-refractivity contribution in [3.8, 4) is 11.3 Å². The summed E-state index contributed by atoms with van der Waals surface area (Å²) in [6, 6.07) is 10.2. The standard InChI is InChI=1S/C15H16BrN3O/c1-10-8-13(11-4-2-3-5-12(11)16)19-15(18-10)14-9-20-7-6-17-14/h2-5,8,14,17H,6-7,9H2,1H3. The van der Waals surface area contributed by atoms with Crippen molar-refractivity contribution in [2.45, 2.75) is 13.0 Å². The number of rotatable bonds is 2. The Labute approximate surface area is 126 Å². The third kappa shape index (κ3) is 2.90. The molecule has 1 fully saturated rings. The van der Waals surface area contributed by atoms with E-state index < -0.39 is 0 Å². The van der Waals surface area contributed by atoms with Gasteiger partial charge in [-0.2, -0.15) is 0 Å². The van der Waals surface area contributed by atoms with Gasteiger partial charge in [-0.05, 0) is 19.1 Å². The van der Waals surface area contributed by atoms with Gasteiger partial charge in [0.25, 0.3) is 0 Å². The minimum atomic E-state index is 0.0740. The smallest absolute Gasteiger partial charge is 0.148 e.